The van der Waals surface area contributed by atoms with E-state index in [1.54, 1.807) is 0 Å². The zero-order valence-electron chi connectivity index (χ0n) is 11.9. The van der Waals surface area contributed by atoms with E-state index in [-0.39, 0.29) is 0 Å². The highest BCUT2D eigenvalue weighted by atomic mass is 16.3. The molecule has 19 heavy (non-hydrogen) atoms. The van der Waals surface area contributed by atoms with Gasteiger partial charge in [-0.2, -0.15) is 0 Å². The molecule has 1 heteroatoms. The topological polar surface area (TPSA) is 20.2 Å². The molecule has 102 valence electrons. The van der Waals surface area contributed by atoms with Crippen LogP contribution in [0.5, 0.6) is 0 Å². The predicted molar refractivity (Wildman–Crippen MR) is 79.7 cm³/mol. The molecule has 0 heterocycles. The van der Waals surface area contributed by atoms with Crippen molar-refractivity contribution < 1.29 is 5.11 Å². The van der Waals surface area contributed by atoms with E-state index in [1.165, 1.54) is 5.56 Å². The minimum Gasteiger partial charge on any atom is -0.377 e. The Kier molecular flexibility index (Phi) is 5.05. The van der Waals surface area contributed by atoms with E-state index >= 15 is 0 Å². The van der Waals surface area contributed by atoms with Crippen LogP contribution in [0.15, 0.2) is 30.3 Å². The summed E-state index contributed by atoms with van der Waals surface area (Å²) in [6, 6.07) is 10.5. The lowest BCUT2D eigenvalue weighted by Crippen LogP contribution is -2.45. The lowest BCUT2D eigenvalue weighted by atomic mass is 9.68. The summed E-state index contributed by atoms with van der Waals surface area (Å²) in [4.78, 5) is 0. The Hall–Kier alpha value is -1.26. The van der Waals surface area contributed by atoms with Gasteiger partial charge in [0, 0.05) is 6.42 Å². The van der Waals surface area contributed by atoms with Crippen LogP contribution in [0, 0.1) is 17.8 Å². The molecule has 1 saturated carbocycles. The lowest BCUT2D eigenvalue weighted by Gasteiger charge is -2.41. The molecular weight excluding hydrogens is 232 g/mol. The number of hydrogen-bond acceptors (Lipinski definition) is 1. The molecule has 0 amide bonds. The molecule has 2 atom stereocenters. The minimum atomic E-state index is -0.664. The Morgan fingerprint density at radius 1 is 1.32 bits per heavy atom. The highest BCUT2D eigenvalue weighted by molar-refractivity contribution is 5.21. The molecule has 0 unspecified atom stereocenters. The summed E-state index contributed by atoms with van der Waals surface area (Å²) in [6.07, 6.45) is 7.29. The van der Waals surface area contributed by atoms with Gasteiger partial charge in [0.15, 0.2) is 0 Å². The molecular formula is C18H24O. The maximum Gasteiger partial charge on any atom is 0.128 e. The molecule has 0 spiro atoms. The predicted octanol–water partition coefficient (Wildman–Crippen LogP) is 3.95. The Bertz CT molecular complexity index is 440. The van der Waals surface area contributed by atoms with Crippen molar-refractivity contribution in [3.63, 3.8) is 0 Å². The monoisotopic (exact) mass is 256 g/mol. The summed E-state index contributed by atoms with van der Waals surface area (Å²) in [6.45, 7) is 2.17. The van der Waals surface area contributed by atoms with Gasteiger partial charge in [0.25, 0.3) is 0 Å². The van der Waals surface area contributed by atoms with Gasteiger partial charge in [-0.3, -0.25) is 0 Å². The van der Waals surface area contributed by atoms with Gasteiger partial charge >= 0.3 is 0 Å². The van der Waals surface area contributed by atoms with Crippen molar-refractivity contribution in [2.45, 2.75) is 57.5 Å². The highest BCUT2D eigenvalue weighted by Crippen LogP contribution is 2.40. The summed E-state index contributed by atoms with van der Waals surface area (Å²) in [5, 5.41) is 10.3. The first-order valence-corrected chi connectivity index (χ1v) is 7.51. The first-order chi connectivity index (χ1) is 9.24. The molecule has 0 aliphatic heterocycles. The minimum absolute atomic E-state index is 0.416. The van der Waals surface area contributed by atoms with E-state index in [9.17, 15) is 5.11 Å². The molecule has 1 aromatic carbocycles. The van der Waals surface area contributed by atoms with Crippen molar-refractivity contribution in [1.29, 1.82) is 0 Å². The molecule has 1 N–H and O–H groups in total. The van der Waals surface area contributed by atoms with Crippen LogP contribution in [0.1, 0.15) is 51.0 Å². The average molecular weight is 256 g/mol. The third kappa shape index (κ3) is 3.85. The van der Waals surface area contributed by atoms with E-state index in [1.807, 2.05) is 6.07 Å². The van der Waals surface area contributed by atoms with Crippen LogP contribution in [-0.4, -0.2) is 10.7 Å². The third-order valence-corrected chi connectivity index (χ3v) is 4.10. The van der Waals surface area contributed by atoms with Crippen molar-refractivity contribution in [3.05, 3.63) is 35.9 Å². The normalized spacial score (nSPS) is 25.3. The van der Waals surface area contributed by atoms with Crippen LogP contribution in [0.3, 0.4) is 0 Å². The number of aryl methyl sites for hydroxylation is 1. The van der Waals surface area contributed by atoms with Crippen LogP contribution in [0.25, 0.3) is 0 Å². The Morgan fingerprint density at radius 3 is 2.74 bits per heavy atom. The van der Waals surface area contributed by atoms with Crippen LogP contribution in [0.2, 0.25) is 0 Å². The molecule has 1 aliphatic rings. The first kappa shape index (κ1) is 14.2. The van der Waals surface area contributed by atoms with E-state index < -0.39 is 5.60 Å². The fourth-order valence-corrected chi connectivity index (χ4v) is 2.76. The molecule has 1 aliphatic carbocycles. The fourth-order valence-electron chi connectivity index (χ4n) is 2.76. The number of aliphatic hydroxyl groups is 1. The van der Waals surface area contributed by atoms with E-state index in [0.717, 1.165) is 44.9 Å². The number of benzene rings is 1. The summed E-state index contributed by atoms with van der Waals surface area (Å²) >= 11 is 0. The molecule has 1 nitrogen and oxygen atoms in total. The zero-order valence-corrected chi connectivity index (χ0v) is 11.9. The van der Waals surface area contributed by atoms with Crippen molar-refractivity contribution in [3.8, 4) is 11.8 Å². The van der Waals surface area contributed by atoms with E-state index in [4.69, 9.17) is 0 Å². The smallest absolute Gasteiger partial charge is 0.128 e. The molecule has 2 rings (SSSR count). The lowest BCUT2D eigenvalue weighted by molar-refractivity contribution is -0.0464. The third-order valence-electron chi connectivity index (χ3n) is 4.10. The number of rotatable bonds is 5. The van der Waals surface area contributed by atoms with Gasteiger partial charge in [-0.15, -0.1) is 5.92 Å². The van der Waals surface area contributed by atoms with Gasteiger partial charge in [0.1, 0.15) is 5.60 Å². The molecule has 1 aromatic rings. The van der Waals surface area contributed by atoms with Crippen LogP contribution in [0.4, 0.5) is 0 Å². The number of hydrogen-bond donors (Lipinski definition) is 1. The van der Waals surface area contributed by atoms with Crippen molar-refractivity contribution in [2.24, 2.45) is 5.92 Å². The van der Waals surface area contributed by atoms with Crippen molar-refractivity contribution in [2.75, 3.05) is 0 Å². The molecule has 1 fully saturated rings. The molecule has 0 aromatic heterocycles. The SMILES string of the molecule is CCC[C@@H]1CC[C@]1(O)C#CCCCc1ccccc1. The molecule has 0 bridgehead atoms. The largest absolute Gasteiger partial charge is 0.377 e. The summed E-state index contributed by atoms with van der Waals surface area (Å²) in [5.41, 5.74) is 0.707. The van der Waals surface area contributed by atoms with E-state index in [0.29, 0.717) is 5.92 Å². The second-order valence-electron chi connectivity index (χ2n) is 5.59. The summed E-state index contributed by atoms with van der Waals surface area (Å²) in [5.74, 6) is 6.72. The van der Waals surface area contributed by atoms with E-state index in [2.05, 4.69) is 43.0 Å². The fraction of sp³-hybridized carbons (Fsp3) is 0.556. The van der Waals surface area contributed by atoms with Gasteiger partial charge < -0.3 is 5.11 Å². The Morgan fingerprint density at radius 2 is 2.11 bits per heavy atom. The summed E-state index contributed by atoms with van der Waals surface area (Å²) < 4.78 is 0. The Balaban J connectivity index is 1.73. The maximum absolute atomic E-state index is 10.3. The molecule has 0 radical (unpaired) electrons. The zero-order chi connectivity index (χ0) is 13.6. The van der Waals surface area contributed by atoms with Gasteiger partial charge in [-0.05, 0) is 43.6 Å². The summed E-state index contributed by atoms with van der Waals surface area (Å²) in [7, 11) is 0. The average Bonchev–Trinajstić information content (AvgIpc) is 2.44. The standard InChI is InChI=1S/C18H24O/c1-2-9-17-13-15-18(17,19)14-8-4-7-12-16-10-5-3-6-11-16/h3,5-6,10-11,17,19H,2,4,7,9,12-13,15H2,1H3/t17-,18-/m1/s1. The molecule has 0 saturated heterocycles. The van der Waals surface area contributed by atoms with Crippen LogP contribution >= 0.6 is 0 Å². The first-order valence-electron chi connectivity index (χ1n) is 7.51. The van der Waals surface area contributed by atoms with Gasteiger partial charge in [-0.1, -0.05) is 49.6 Å². The second kappa shape index (κ2) is 6.78. The van der Waals surface area contributed by atoms with Crippen LogP contribution in [-0.2, 0) is 6.42 Å². The van der Waals surface area contributed by atoms with Crippen molar-refractivity contribution in [1.82, 2.24) is 0 Å². The second-order valence-corrected chi connectivity index (χ2v) is 5.59. The quantitative estimate of drug-likeness (QED) is 0.624. The van der Waals surface area contributed by atoms with Crippen LogP contribution < -0.4 is 0 Å². The van der Waals surface area contributed by atoms with Crippen molar-refractivity contribution >= 4 is 0 Å². The maximum atomic E-state index is 10.3. The van der Waals surface area contributed by atoms with Gasteiger partial charge in [0.2, 0.25) is 0 Å². The van der Waals surface area contributed by atoms with Gasteiger partial charge in [0.05, 0.1) is 0 Å². The number of unbranched alkanes of at least 4 members (excludes halogenated alkanes) is 1. The van der Waals surface area contributed by atoms with Gasteiger partial charge in [-0.25, -0.2) is 0 Å². The Labute approximate surface area is 117 Å². The highest BCUT2D eigenvalue weighted by Gasteiger charge is 2.42.